The minimum atomic E-state index is -4.71. The van der Waals surface area contributed by atoms with Gasteiger partial charge in [0.05, 0.1) is 11.9 Å². The molecule has 0 bridgehead atoms. The van der Waals surface area contributed by atoms with E-state index >= 15 is 0 Å². The third-order valence-corrected chi connectivity index (χ3v) is 4.30. The van der Waals surface area contributed by atoms with Crippen molar-refractivity contribution < 1.29 is 22.6 Å². The second-order valence-electron chi connectivity index (χ2n) is 5.71. The highest BCUT2D eigenvalue weighted by Gasteiger charge is 2.30. The third kappa shape index (κ3) is 6.27. The third-order valence-electron chi connectivity index (χ3n) is 3.44. The van der Waals surface area contributed by atoms with Crippen LogP contribution in [0.4, 0.5) is 18.3 Å². The van der Waals surface area contributed by atoms with E-state index in [9.17, 15) is 13.2 Å². The van der Waals surface area contributed by atoms with Gasteiger partial charge in [-0.3, -0.25) is 5.43 Å². The lowest BCUT2D eigenvalue weighted by atomic mass is 10.1. The summed E-state index contributed by atoms with van der Waals surface area (Å²) in [4.78, 5) is 4.25. The number of hydrazone groups is 1. The predicted octanol–water partition coefficient (Wildman–Crippen LogP) is 5.38. The molecule has 3 aromatic rings. The summed E-state index contributed by atoms with van der Waals surface area (Å²) in [6.07, 6.45) is -3.02. The van der Waals surface area contributed by atoms with Gasteiger partial charge in [-0.25, -0.2) is 4.98 Å². The summed E-state index contributed by atoms with van der Waals surface area (Å²) in [6.45, 7) is 2.20. The maximum Gasteiger partial charge on any atom is 0.573 e. The second-order valence-corrected chi connectivity index (χ2v) is 6.57. The molecule has 5 nitrogen and oxygen atoms in total. The Labute approximate surface area is 163 Å². The van der Waals surface area contributed by atoms with Crippen molar-refractivity contribution in [2.45, 2.75) is 19.9 Å². The van der Waals surface area contributed by atoms with Gasteiger partial charge in [0.1, 0.15) is 18.1 Å². The van der Waals surface area contributed by atoms with E-state index < -0.39 is 6.36 Å². The van der Waals surface area contributed by atoms with Crippen LogP contribution in [-0.4, -0.2) is 17.6 Å². The summed E-state index contributed by atoms with van der Waals surface area (Å²) < 4.78 is 45.8. The van der Waals surface area contributed by atoms with Gasteiger partial charge in [-0.05, 0) is 42.3 Å². The Morgan fingerprint density at radius 2 is 1.75 bits per heavy atom. The Morgan fingerprint density at radius 3 is 2.36 bits per heavy atom. The number of halogens is 3. The molecule has 1 aromatic heterocycles. The topological polar surface area (TPSA) is 55.7 Å². The number of alkyl halides is 3. The summed E-state index contributed by atoms with van der Waals surface area (Å²) in [5.74, 6) is 0.160. The zero-order valence-corrected chi connectivity index (χ0v) is 15.6. The van der Waals surface area contributed by atoms with Crippen LogP contribution in [0, 0.1) is 6.92 Å². The van der Waals surface area contributed by atoms with Crippen molar-refractivity contribution in [1.82, 2.24) is 4.98 Å². The van der Waals surface area contributed by atoms with Crippen molar-refractivity contribution in [3.8, 4) is 11.5 Å². The molecule has 0 saturated heterocycles. The molecule has 0 aliphatic rings. The van der Waals surface area contributed by atoms with Crippen LogP contribution in [0.2, 0.25) is 0 Å². The number of aromatic nitrogens is 1. The van der Waals surface area contributed by atoms with Gasteiger partial charge in [0.25, 0.3) is 0 Å². The minimum absolute atomic E-state index is 0.285. The average molecular weight is 407 g/mol. The highest BCUT2D eigenvalue weighted by Crippen LogP contribution is 2.25. The zero-order valence-electron chi connectivity index (χ0n) is 14.7. The number of hydrogen-bond donors (Lipinski definition) is 1. The Bertz CT molecular complexity index is 923. The molecule has 0 saturated carbocycles. The Balaban J connectivity index is 1.49. The van der Waals surface area contributed by atoms with E-state index in [-0.39, 0.29) is 12.4 Å². The quantitative estimate of drug-likeness (QED) is 0.422. The van der Waals surface area contributed by atoms with E-state index in [1.807, 2.05) is 36.6 Å². The van der Waals surface area contributed by atoms with E-state index in [1.54, 1.807) is 6.21 Å². The van der Waals surface area contributed by atoms with Crippen LogP contribution in [0.3, 0.4) is 0 Å². The van der Waals surface area contributed by atoms with Gasteiger partial charge in [-0.2, -0.15) is 5.10 Å². The minimum Gasteiger partial charge on any atom is -0.489 e. The van der Waals surface area contributed by atoms with Gasteiger partial charge in [0.2, 0.25) is 5.13 Å². The second kappa shape index (κ2) is 8.75. The summed E-state index contributed by atoms with van der Waals surface area (Å²) in [5, 5.41) is 6.79. The Kier molecular flexibility index (Phi) is 6.15. The van der Waals surface area contributed by atoms with E-state index in [4.69, 9.17) is 4.74 Å². The van der Waals surface area contributed by atoms with Gasteiger partial charge in [-0.1, -0.05) is 24.3 Å². The summed E-state index contributed by atoms with van der Waals surface area (Å²) in [5.41, 5.74) is 5.62. The molecule has 28 heavy (non-hydrogen) atoms. The SMILES string of the molecule is Cc1csc(NN=Cc2ccc(COc3ccc(OC(F)(F)F)cc3)cc2)n1. The number of rotatable bonds is 7. The number of aryl methyl sites for hydroxylation is 1. The van der Waals surface area contributed by atoms with Gasteiger partial charge in [0.15, 0.2) is 0 Å². The monoisotopic (exact) mass is 407 g/mol. The molecule has 9 heteroatoms. The molecule has 0 atom stereocenters. The molecule has 146 valence electrons. The van der Waals surface area contributed by atoms with Crippen molar-refractivity contribution in [2.75, 3.05) is 5.43 Å². The molecule has 0 fully saturated rings. The molecule has 0 radical (unpaired) electrons. The first-order chi connectivity index (χ1) is 13.4. The zero-order chi connectivity index (χ0) is 20.0. The molecule has 1 N–H and O–H groups in total. The largest absolute Gasteiger partial charge is 0.573 e. The summed E-state index contributed by atoms with van der Waals surface area (Å²) in [7, 11) is 0. The Morgan fingerprint density at radius 1 is 1.07 bits per heavy atom. The van der Waals surface area contributed by atoms with Crippen LogP contribution >= 0.6 is 11.3 Å². The molecule has 2 aromatic carbocycles. The van der Waals surface area contributed by atoms with Gasteiger partial charge in [0, 0.05) is 5.38 Å². The number of hydrogen-bond acceptors (Lipinski definition) is 6. The average Bonchev–Trinajstić information content (AvgIpc) is 3.06. The van der Waals surface area contributed by atoms with Crippen molar-refractivity contribution in [3.05, 3.63) is 70.7 Å². The fraction of sp³-hybridized carbons (Fsp3) is 0.158. The van der Waals surface area contributed by atoms with Crippen molar-refractivity contribution >= 4 is 22.7 Å². The van der Waals surface area contributed by atoms with Crippen LogP contribution in [-0.2, 0) is 6.61 Å². The normalized spacial score (nSPS) is 11.6. The first-order valence-corrected chi connectivity index (χ1v) is 9.04. The molecule has 0 unspecified atom stereocenters. The van der Waals surface area contributed by atoms with E-state index in [1.165, 1.54) is 35.6 Å². The molecule has 0 amide bonds. The lowest BCUT2D eigenvalue weighted by Crippen LogP contribution is -2.16. The lowest BCUT2D eigenvalue weighted by Gasteiger charge is -2.10. The Hall–Kier alpha value is -3.07. The van der Waals surface area contributed by atoms with Gasteiger partial charge < -0.3 is 9.47 Å². The number of thiazole rings is 1. The van der Waals surface area contributed by atoms with E-state index in [0.29, 0.717) is 5.75 Å². The molecular formula is C19H16F3N3O2S. The highest BCUT2D eigenvalue weighted by molar-refractivity contribution is 7.13. The lowest BCUT2D eigenvalue weighted by molar-refractivity contribution is -0.274. The molecule has 1 heterocycles. The molecule has 3 rings (SSSR count). The summed E-state index contributed by atoms with van der Waals surface area (Å²) in [6, 6.07) is 12.8. The standard InChI is InChI=1S/C19H16F3N3O2S/c1-13-12-28-18(24-13)25-23-10-14-2-4-15(5-3-14)11-26-16-6-8-17(9-7-16)27-19(20,21)22/h2-10,12H,11H2,1H3,(H,24,25). The fourth-order valence-electron chi connectivity index (χ4n) is 2.17. The smallest absolute Gasteiger partial charge is 0.489 e. The maximum atomic E-state index is 12.1. The van der Waals surface area contributed by atoms with Gasteiger partial charge >= 0.3 is 6.36 Å². The number of benzene rings is 2. The number of nitrogens with one attached hydrogen (secondary N) is 1. The van der Waals surface area contributed by atoms with Crippen LogP contribution in [0.15, 0.2) is 59.0 Å². The molecule has 0 aliphatic carbocycles. The first kappa shape index (κ1) is 19.7. The first-order valence-electron chi connectivity index (χ1n) is 8.16. The van der Waals surface area contributed by atoms with E-state index in [0.717, 1.165) is 22.0 Å². The van der Waals surface area contributed by atoms with E-state index in [2.05, 4.69) is 20.2 Å². The van der Waals surface area contributed by atoms with Crippen LogP contribution in [0.5, 0.6) is 11.5 Å². The van der Waals surface area contributed by atoms with Crippen molar-refractivity contribution in [2.24, 2.45) is 5.10 Å². The van der Waals surface area contributed by atoms with Crippen molar-refractivity contribution in [3.63, 3.8) is 0 Å². The van der Waals surface area contributed by atoms with Crippen LogP contribution in [0.1, 0.15) is 16.8 Å². The number of nitrogens with zero attached hydrogens (tertiary/aromatic N) is 2. The van der Waals surface area contributed by atoms with Crippen LogP contribution in [0.25, 0.3) is 0 Å². The van der Waals surface area contributed by atoms with Crippen molar-refractivity contribution in [1.29, 1.82) is 0 Å². The molecule has 0 aliphatic heterocycles. The summed E-state index contributed by atoms with van der Waals surface area (Å²) >= 11 is 1.48. The molecule has 0 spiro atoms. The maximum absolute atomic E-state index is 12.1. The number of anilines is 1. The van der Waals surface area contributed by atoms with Crippen LogP contribution < -0.4 is 14.9 Å². The van der Waals surface area contributed by atoms with Gasteiger partial charge in [-0.15, -0.1) is 24.5 Å². The fourth-order valence-corrected chi connectivity index (χ4v) is 2.81. The highest BCUT2D eigenvalue weighted by atomic mass is 32.1. The molecular weight excluding hydrogens is 391 g/mol. The number of ether oxygens (including phenoxy) is 2. The predicted molar refractivity (Wildman–Crippen MR) is 102 cm³/mol.